The van der Waals surface area contributed by atoms with E-state index in [9.17, 15) is 0 Å². The molecule has 0 fully saturated rings. The lowest BCUT2D eigenvalue weighted by molar-refractivity contribution is 0.232. The third-order valence-corrected chi connectivity index (χ3v) is 3.82. The first-order valence-corrected chi connectivity index (χ1v) is 7.61. The summed E-state index contributed by atoms with van der Waals surface area (Å²) >= 11 is 1.41. The molecule has 0 bridgehead atoms. The molecule has 2 heterocycles. The highest BCUT2D eigenvalue weighted by Crippen LogP contribution is 2.29. The first-order valence-electron chi connectivity index (χ1n) is 6.79. The van der Waals surface area contributed by atoms with Crippen molar-refractivity contribution < 1.29 is 4.74 Å². The minimum absolute atomic E-state index is 0.0279. The van der Waals surface area contributed by atoms with Gasteiger partial charge >= 0.3 is 0 Å². The maximum absolute atomic E-state index is 5.87. The minimum atomic E-state index is 0.0279. The Hall–Kier alpha value is -1.82. The fraction of sp³-hybridized carbons (Fsp3) is 0.400. The van der Waals surface area contributed by atoms with Gasteiger partial charge in [-0.1, -0.05) is 0 Å². The van der Waals surface area contributed by atoms with Crippen molar-refractivity contribution in [1.82, 2.24) is 15.0 Å². The van der Waals surface area contributed by atoms with Crippen LogP contribution >= 0.6 is 11.8 Å². The zero-order chi connectivity index (χ0) is 15.6. The number of rotatable bonds is 4. The van der Waals surface area contributed by atoms with Crippen LogP contribution < -0.4 is 10.5 Å². The third-order valence-electron chi connectivity index (χ3n) is 3.02. The van der Waals surface area contributed by atoms with E-state index in [1.54, 1.807) is 6.07 Å². The Morgan fingerprint density at radius 1 is 1.05 bits per heavy atom. The van der Waals surface area contributed by atoms with E-state index in [0.29, 0.717) is 16.7 Å². The number of ether oxygens (including phenoxy) is 1. The number of hydrogen-bond donors (Lipinski definition) is 1. The van der Waals surface area contributed by atoms with Crippen LogP contribution in [0.3, 0.4) is 0 Å². The van der Waals surface area contributed by atoms with Crippen LogP contribution in [0.4, 0.5) is 5.69 Å². The zero-order valence-electron chi connectivity index (χ0n) is 13.0. The molecular formula is C15H20N4OS. The van der Waals surface area contributed by atoms with E-state index in [-0.39, 0.29) is 6.10 Å². The van der Waals surface area contributed by atoms with E-state index in [0.717, 1.165) is 22.0 Å². The Bertz CT molecular complexity index is 635. The van der Waals surface area contributed by atoms with Gasteiger partial charge < -0.3 is 10.5 Å². The number of nitrogen functional groups attached to an aromatic ring is 1. The fourth-order valence-corrected chi connectivity index (χ4v) is 2.51. The van der Waals surface area contributed by atoms with Gasteiger partial charge in [0, 0.05) is 11.4 Å². The number of aryl methyl sites for hydroxylation is 2. The lowest BCUT2D eigenvalue weighted by Gasteiger charge is -2.12. The van der Waals surface area contributed by atoms with Crippen LogP contribution in [0.5, 0.6) is 5.88 Å². The highest BCUT2D eigenvalue weighted by molar-refractivity contribution is 7.99. The second kappa shape index (κ2) is 6.30. The molecule has 0 saturated carbocycles. The van der Waals surface area contributed by atoms with Gasteiger partial charge in [0.05, 0.1) is 11.8 Å². The van der Waals surface area contributed by atoms with Crippen molar-refractivity contribution in [2.75, 3.05) is 5.73 Å². The van der Waals surface area contributed by atoms with Crippen LogP contribution in [0, 0.1) is 20.8 Å². The molecule has 2 N–H and O–H groups in total. The predicted octanol–water partition coefficient (Wildman–Crippen LogP) is 3.32. The van der Waals surface area contributed by atoms with Gasteiger partial charge in [-0.25, -0.2) is 15.0 Å². The van der Waals surface area contributed by atoms with Crippen molar-refractivity contribution in [3.05, 3.63) is 29.1 Å². The number of nitrogens with zero attached hydrogens (tertiary/aromatic N) is 3. The van der Waals surface area contributed by atoms with E-state index < -0.39 is 0 Å². The van der Waals surface area contributed by atoms with Crippen molar-refractivity contribution >= 4 is 17.4 Å². The molecule has 0 amide bonds. The molecule has 2 rings (SSSR count). The van der Waals surface area contributed by atoms with Crippen molar-refractivity contribution in [3.8, 4) is 5.88 Å². The van der Waals surface area contributed by atoms with Crippen LogP contribution in [-0.2, 0) is 0 Å². The summed E-state index contributed by atoms with van der Waals surface area (Å²) in [6, 6.07) is 3.64. The molecule has 0 spiro atoms. The lowest BCUT2D eigenvalue weighted by Crippen LogP contribution is -2.09. The SMILES string of the molecule is Cc1nc(Sc2ccc(N)c(OC(C)C)n2)nc(C)c1C. The molecule has 0 aromatic carbocycles. The molecule has 0 radical (unpaired) electrons. The van der Waals surface area contributed by atoms with Crippen molar-refractivity contribution in [3.63, 3.8) is 0 Å². The molecule has 0 saturated heterocycles. The van der Waals surface area contributed by atoms with Crippen LogP contribution in [0.15, 0.2) is 22.3 Å². The van der Waals surface area contributed by atoms with Crippen LogP contribution in [0.25, 0.3) is 0 Å². The van der Waals surface area contributed by atoms with Gasteiger partial charge in [0.15, 0.2) is 5.16 Å². The molecule has 0 aliphatic rings. The summed E-state index contributed by atoms with van der Waals surface area (Å²) in [5.74, 6) is 0.454. The zero-order valence-corrected chi connectivity index (χ0v) is 13.8. The first kappa shape index (κ1) is 15.6. The number of pyridine rings is 1. The predicted molar refractivity (Wildman–Crippen MR) is 84.8 cm³/mol. The molecule has 21 heavy (non-hydrogen) atoms. The minimum Gasteiger partial charge on any atom is -0.473 e. The molecule has 0 unspecified atom stereocenters. The van der Waals surface area contributed by atoms with Crippen molar-refractivity contribution in [1.29, 1.82) is 0 Å². The Labute approximate surface area is 129 Å². The van der Waals surface area contributed by atoms with Crippen molar-refractivity contribution in [2.24, 2.45) is 0 Å². The van der Waals surface area contributed by atoms with Gasteiger partial charge in [-0.3, -0.25) is 0 Å². The number of nitrogens with two attached hydrogens (primary N) is 1. The second-order valence-electron chi connectivity index (χ2n) is 5.11. The monoisotopic (exact) mass is 304 g/mol. The normalized spacial score (nSPS) is 11.0. The number of hydrogen-bond acceptors (Lipinski definition) is 6. The second-order valence-corrected chi connectivity index (χ2v) is 6.10. The quantitative estimate of drug-likeness (QED) is 0.873. The highest BCUT2D eigenvalue weighted by atomic mass is 32.2. The smallest absolute Gasteiger partial charge is 0.238 e. The molecule has 0 aliphatic heterocycles. The topological polar surface area (TPSA) is 73.9 Å². The Morgan fingerprint density at radius 2 is 1.67 bits per heavy atom. The largest absolute Gasteiger partial charge is 0.473 e. The fourth-order valence-electron chi connectivity index (χ4n) is 1.69. The summed E-state index contributed by atoms with van der Waals surface area (Å²) in [7, 11) is 0. The van der Waals surface area contributed by atoms with Gasteiger partial charge in [0.25, 0.3) is 0 Å². The standard InChI is InChI=1S/C15H20N4OS/c1-8(2)20-14-12(16)6-7-13(19-14)21-15-17-10(4)9(3)11(5)18-15/h6-8H,16H2,1-5H3. The van der Waals surface area contributed by atoms with E-state index in [4.69, 9.17) is 10.5 Å². The lowest BCUT2D eigenvalue weighted by atomic mass is 10.2. The van der Waals surface area contributed by atoms with Crippen molar-refractivity contribution in [2.45, 2.75) is 50.9 Å². The number of anilines is 1. The molecule has 0 aliphatic carbocycles. The van der Waals surface area contributed by atoms with E-state index in [1.807, 2.05) is 40.7 Å². The maximum Gasteiger partial charge on any atom is 0.238 e. The van der Waals surface area contributed by atoms with Gasteiger partial charge in [-0.05, 0) is 64.1 Å². The number of aromatic nitrogens is 3. The Balaban J connectivity index is 2.27. The summed E-state index contributed by atoms with van der Waals surface area (Å²) in [6.07, 6.45) is 0.0279. The van der Waals surface area contributed by atoms with Crippen LogP contribution in [0.2, 0.25) is 0 Å². The Morgan fingerprint density at radius 3 is 2.24 bits per heavy atom. The molecule has 2 aromatic heterocycles. The van der Waals surface area contributed by atoms with E-state index >= 15 is 0 Å². The van der Waals surface area contributed by atoms with Gasteiger partial charge in [-0.2, -0.15) is 0 Å². The summed E-state index contributed by atoms with van der Waals surface area (Å²) in [5.41, 5.74) is 9.49. The third kappa shape index (κ3) is 3.85. The highest BCUT2D eigenvalue weighted by Gasteiger charge is 2.10. The Kier molecular flexibility index (Phi) is 4.67. The average molecular weight is 304 g/mol. The van der Waals surface area contributed by atoms with E-state index in [1.165, 1.54) is 11.8 Å². The van der Waals surface area contributed by atoms with Gasteiger partial charge in [0.2, 0.25) is 5.88 Å². The first-order chi connectivity index (χ1) is 9.86. The molecule has 5 nitrogen and oxygen atoms in total. The average Bonchev–Trinajstić information content (AvgIpc) is 2.39. The van der Waals surface area contributed by atoms with E-state index in [2.05, 4.69) is 15.0 Å². The molecule has 6 heteroatoms. The molecule has 0 atom stereocenters. The maximum atomic E-state index is 5.87. The molecule has 2 aromatic rings. The van der Waals surface area contributed by atoms with Crippen LogP contribution in [-0.4, -0.2) is 21.1 Å². The summed E-state index contributed by atoms with van der Waals surface area (Å²) in [4.78, 5) is 13.4. The van der Waals surface area contributed by atoms with Gasteiger partial charge in [-0.15, -0.1) is 0 Å². The molecule has 112 valence electrons. The summed E-state index contributed by atoms with van der Waals surface area (Å²) in [6.45, 7) is 9.87. The summed E-state index contributed by atoms with van der Waals surface area (Å²) < 4.78 is 5.60. The summed E-state index contributed by atoms with van der Waals surface area (Å²) in [5, 5.41) is 1.45. The molecular weight excluding hydrogens is 284 g/mol. The van der Waals surface area contributed by atoms with Gasteiger partial charge in [0.1, 0.15) is 5.03 Å². The van der Waals surface area contributed by atoms with Crippen LogP contribution in [0.1, 0.15) is 30.8 Å².